The highest BCUT2D eigenvalue weighted by Gasteiger charge is 2.41. The summed E-state index contributed by atoms with van der Waals surface area (Å²) in [5, 5.41) is 5.96. The van der Waals surface area contributed by atoms with E-state index in [1.165, 1.54) is 48.7 Å². The van der Waals surface area contributed by atoms with Crippen LogP contribution in [-0.2, 0) is 12.7 Å². The number of carbonyl (C=O) groups is 1. The summed E-state index contributed by atoms with van der Waals surface area (Å²) >= 11 is 0. The normalized spacial score (nSPS) is 11.3. The first kappa shape index (κ1) is 22.9. The number of hydrogen-bond acceptors (Lipinski definition) is 4. The maximum Gasteiger partial charge on any atom is 0.434 e. The van der Waals surface area contributed by atoms with Crippen molar-refractivity contribution in [1.82, 2.24) is 20.1 Å². The summed E-state index contributed by atoms with van der Waals surface area (Å²) in [6.45, 7) is -0.250. The van der Waals surface area contributed by atoms with Gasteiger partial charge in [0.1, 0.15) is 23.1 Å². The van der Waals surface area contributed by atoms with Crippen LogP contribution in [0.25, 0.3) is 5.69 Å². The average Bonchev–Trinajstić information content (AvgIpc) is 3.24. The largest absolute Gasteiger partial charge is 0.439 e. The van der Waals surface area contributed by atoms with Gasteiger partial charge in [-0.15, -0.1) is 0 Å². The monoisotopic (exact) mass is 474 g/mol. The van der Waals surface area contributed by atoms with Gasteiger partial charge >= 0.3 is 6.18 Å². The van der Waals surface area contributed by atoms with Crippen molar-refractivity contribution >= 4 is 5.91 Å². The molecule has 0 bridgehead atoms. The molecule has 0 saturated heterocycles. The molecule has 11 heteroatoms. The molecule has 4 rings (SSSR count). The van der Waals surface area contributed by atoms with Crippen LogP contribution in [0.3, 0.4) is 0 Å². The van der Waals surface area contributed by atoms with E-state index in [1.807, 2.05) is 0 Å². The summed E-state index contributed by atoms with van der Waals surface area (Å²) in [7, 11) is 0. The lowest BCUT2D eigenvalue weighted by atomic mass is 10.2. The highest BCUT2D eigenvalue weighted by molar-refractivity contribution is 5.95. The van der Waals surface area contributed by atoms with Crippen LogP contribution in [0.1, 0.15) is 21.6 Å². The van der Waals surface area contributed by atoms with Crippen molar-refractivity contribution in [3.63, 3.8) is 0 Å². The van der Waals surface area contributed by atoms with Gasteiger partial charge in [0, 0.05) is 24.4 Å². The number of alkyl halides is 3. The van der Waals surface area contributed by atoms with Gasteiger partial charge in [0.15, 0.2) is 5.69 Å². The molecular formula is C23H15F5N4O2. The number of ether oxygens (including phenoxy) is 1. The number of pyridine rings is 1. The average molecular weight is 474 g/mol. The predicted octanol–water partition coefficient (Wildman–Crippen LogP) is 5.29. The van der Waals surface area contributed by atoms with Gasteiger partial charge in [-0.05, 0) is 30.3 Å². The van der Waals surface area contributed by atoms with Crippen LogP contribution in [0.2, 0.25) is 0 Å². The Morgan fingerprint density at radius 2 is 1.82 bits per heavy atom. The molecule has 2 aromatic carbocycles. The van der Waals surface area contributed by atoms with Gasteiger partial charge in [-0.2, -0.15) is 18.3 Å². The maximum absolute atomic E-state index is 14.1. The van der Waals surface area contributed by atoms with Crippen molar-refractivity contribution in [3.05, 3.63) is 102 Å². The maximum atomic E-state index is 14.1. The molecular weight excluding hydrogens is 459 g/mol. The van der Waals surface area contributed by atoms with Crippen LogP contribution in [-0.4, -0.2) is 20.7 Å². The van der Waals surface area contributed by atoms with Gasteiger partial charge < -0.3 is 10.1 Å². The molecule has 6 nitrogen and oxygen atoms in total. The number of halogens is 5. The summed E-state index contributed by atoms with van der Waals surface area (Å²) < 4.78 is 74.8. The molecule has 0 aliphatic carbocycles. The predicted molar refractivity (Wildman–Crippen MR) is 110 cm³/mol. The van der Waals surface area contributed by atoms with Gasteiger partial charge in [0.05, 0.1) is 11.8 Å². The van der Waals surface area contributed by atoms with Crippen molar-refractivity contribution in [2.45, 2.75) is 12.7 Å². The SMILES string of the molecule is O=C(NCc1cccnc1Oc1cccc(F)c1)c1cnn(-c2ccccc2F)c1C(F)(F)F. The lowest BCUT2D eigenvalue weighted by Crippen LogP contribution is -2.26. The number of rotatable bonds is 6. The molecule has 0 aliphatic heterocycles. The summed E-state index contributed by atoms with van der Waals surface area (Å²) in [4.78, 5) is 16.7. The van der Waals surface area contributed by atoms with E-state index in [0.717, 1.165) is 24.4 Å². The Balaban J connectivity index is 1.59. The zero-order chi connectivity index (χ0) is 24.3. The van der Waals surface area contributed by atoms with Gasteiger partial charge in [0.2, 0.25) is 5.88 Å². The number of nitrogens with one attached hydrogen (secondary N) is 1. The Morgan fingerprint density at radius 3 is 2.56 bits per heavy atom. The molecule has 174 valence electrons. The molecule has 0 unspecified atom stereocenters. The van der Waals surface area contributed by atoms with Crippen molar-refractivity contribution < 1.29 is 31.5 Å². The van der Waals surface area contributed by atoms with Gasteiger partial charge in [0.25, 0.3) is 5.91 Å². The highest BCUT2D eigenvalue weighted by Crippen LogP contribution is 2.34. The fraction of sp³-hybridized carbons (Fsp3) is 0.0870. The second-order valence-corrected chi connectivity index (χ2v) is 6.98. The quantitative estimate of drug-likeness (QED) is 0.386. The molecule has 34 heavy (non-hydrogen) atoms. The molecule has 0 radical (unpaired) electrons. The number of amides is 1. The molecule has 0 aliphatic rings. The van der Waals surface area contributed by atoms with Gasteiger partial charge in [-0.1, -0.05) is 24.3 Å². The summed E-state index contributed by atoms with van der Waals surface area (Å²) in [5.41, 5.74) is -2.33. The zero-order valence-corrected chi connectivity index (χ0v) is 17.2. The minimum atomic E-state index is -4.99. The van der Waals surface area contributed by atoms with E-state index in [2.05, 4.69) is 15.4 Å². The highest BCUT2D eigenvalue weighted by atomic mass is 19.4. The third kappa shape index (κ3) is 4.87. The lowest BCUT2D eigenvalue weighted by Gasteiger charge is -2.14. The van der Waals surface area contributed by atoms with E-state index in [9.17, 15) is 26.7 Å². The Morgan fingerprint density at radius 1 is 1.03 bits per heavy atom. The summed E-state index contributed by atoms with van der Waals surface area (Å²) in [5.74, 6) is -2.37. The Bertz CT molecular complexity index is 1340. The number of carbonyl (C=O) groups excluding carboxylic acids is 1. The third-order valence-corrected chi connectivity index (χ3v) is 4.66. The Kier molecular flexibility index (Phi) is 6.26. The van der Waals surface area contributed by atoms with Crippen molar-refractivity contribution in [3.8, 4) is 17.3 Å². The van der Waals surface area contributed by atoms with Crippen LogP contribution in [0.4, 0.5) is 22.0 Å². The first-order chi connectivity index (χ1) is 16.2. The Labute approximate surface area is 189 Å². The second-order valence-electron chi connectivity index (χ2n) is 6.98. The van der Waals surface area contributed by atoms with E-state index < -0.39 is 40.7 Å². The van der Waals surface area contributed by atoms with E-state index in [1.54, 1.807) is 0 Å². The Hall–Kier alpha value is -4.28. The topological polar surface area (TPSA) is 69.0 Å². The molecule has 2 aromatic heterocycles. The van der Waals surface area contributed by atoms with E-state index in [-0.39, 0.29) is 18.2 Å². The molecule has 0 fully saturated rings. The summed E-state index contributed by atoms with van der Waals surface area (Å²) in [6, 6.07) is 13.1. The van der Waals surface area contributed by atoms with E-state index in [4.69, 9.17) is 4.74 Å². The molecule has 0 spiro atoms. The minimum absolute atomic E-state index is 0.0338. The van der Waals surface area contributed by atoms with Crippen LogP contribution in [0.5, 0.6) is 11.6 Å². The van der Waals surface area contributed by atoms with Crippen molar-refractivity contribution in [1.29, 1.82) is 0 Å². The standard InChI is InChI=1S/C23H15F5N4O2/c24-15-6-3-7-16(11-15)34-22-14(5-4-10-29-22)12-30-21(33)17-13-31-32(20(17)23(26,27)28)19-9-2-1-8-18(19)25/h1-11,13H,12H2,(H,30,33). The fourth-order valence-corrected chi connectivity index (χ4v) is 3.16. The lowest BCUT2D eigenvalue weighted by molar-refractivity contribution is -0.143. The first-order valence-electron chi connectivity index (χ1n) is 9.79. The molecule has 2 heterocycles. The number of nitrogens with zero attached hydrogens (tertiary/aromatic N) is 3. The molecule has 4 aromatic rings. The van der Waals surface area contributed by atoms with E-state index >= 15 is 0 Å². The van der Waals surface area contributed by atoms with Crippen molar-refractivity contribution in [2.75, 3.05) is 0 Å². The van der Waals surface area contributed by atoms with Gasteiger partial charge in [-0.25, -0.2) is 18.4 Å². The zero-order valence-electron chi connectivity index (χ0n) is 17.2. The number of hydrogen-bond donors (Lipinski definition) is 1. The van der Waals surface area contributed by atoms with Crippen LogP contribution in [0, 0.1) is 11.6 Å². The molecule has 0 atom stereocenters. The summed E-state index contributed by atoms with van der Waals surface area (Å²) in [6.07, 6.45) is -2.87. The fourth-order valence-electron chi connectivity index (χ4n) is 3.16. The number of para-hydroxylation sites is 1. The van der Waals surface area contributed by atoms with Crippen molar-refractivity contribution in [2.24, 2.45) is 0 Å². The van der Waals surface area contributed by atoms with Crippen LogP contribution < -0.4 is 10.1 Å². The van der Waals surface area contributed by atoms with Gasteiger partial charge in [-0.3, -0.25) is 4.79 Å². The second kappa shape index (κ2) is 9.30. The smallest absolute Gasteiger partial charge is 0.434 e. The number of benzene rings is 2. The third-order valence-electron chi connectivity index (χ3n) is 4.66. The van der Waals surface area contributed by atoms with E-state index in [0.29, 0.717) is 10.2 Å². The van der Waals surface area contributed by atoms with Crippen LogP contribution in [0.15, 0.2) is 73.1 Å². The molecule has 1 N–H and O–H groups in total. The molecule has 1 amide bonds. The first-order valence-corrected chi connectivity index (χ1v) is 9.79. The van der Waals surface area contributed by atoms with Crippen LogP contribution >= 0.6 is 0 Å². The minimum Gasteiger partial charge on any atom is -0.439 e. The number of aromatic nitrogens is 3. The molecule has 0 saturated carbocycles.